The zero-order chi connectivity index (χ0) is 10.8. The summed E-state index contributed by atoms with van der Waals surface area (Å²) in [6.07, 6.45) is 3.89. The molecule has 0 bridgehead atoms. The van der Waals surface area contributed by atoms with Crippen LogP contribution < -0.4 is 0 Å². The molecule has 0 unspecified atom stereocenters. The number of esters is 1. The smallest absolute Gasteiger partial charge is 0.417 e. The minimum absolute atomic E-state index is 0.172. The third-order valence-electron chi connectivity index (χ3n) is 1.04. The second-order valence-corrected chi connectivity index (χ2v) is 2.23. The Kier molecular flexibility index (Phi) is 6.85. The van der Waals surface area contributed by atoms with Gasteiger partial charge in [-0.2, -0.15) is 0 Å². The average molecular weight is 200 g/mol. The van der Waals surface area contributed by atoms with E-state index in [-0.39, 0.29) is 6.61 Å². The highest BCUT2D eigenvalue weighted by Crippen LogP contribution is 1.81. The minimum Gasteiger partial charge on any atom is -0.473 e. The highest BCUT2D eigenvalue weighted by molar-refractivity contribution is 6.28. The van der Waals surface area contributed by atoms with Crippen molar-refractivity contribution in [1.29, 1.82) is 0 Å². The topological polar surface area (TPSA) is 76.7 Å². The summed E-state index contributed by atoms with van der Waals surface area (Å²) in [7, 11) is 0. The number of hydrogen-bond acceptors (Lipinski definition) is 4. The van der Waals surface area contributed by atoms with Crippen molar-refractivity contribution in [3.63, 3.8) is 0 Å². The molecule has 0 aliphatic rings. The van der Waals surface area contributed by atoms with E-state index in [2.05, 4.69) is 9.15 Å². The molecule has 1 aromatic rings. The lowest BCUT2D eigenvalue weighted by molar-refractivity contribution is -0.163. The average Bonchev–Trinajstić information content (AvgIpc) is 2.71. The molecule has 78 valence electrons. The van der Waals surface area contributed by atoms with Gasteiger partial charge in [0.15, 0.2) is 0 Å². The molecule has 0 aliphatic heterocycles. The number of rotatable bonds is 2. The van der Waals surface area contributed by atoms with Crippen LogP contribution in [0.15, 0.2) is 29.1 Å². The van der Waals surface area contributed by atoms with Crippen LogP contribution in [0, 0.1) is 0 Å². The first-order valence-corrected chi connectivity index (χ1v) is 4.05. The van der Waals surface area contributed by atoms with Crippen molar-refractivity contribution in [3.8, 4) is 0 Å². The van der Waals surface area contributed by atoms with E-state index in [1.54, 1.807) is 19.5 Å². The highest BCUT2D eigenvalue weighted by atomic mass is 16.6. The van der Waals surface area contributed by atoms with Crippen LogP contribution in [0.3, 0.4) is 0 Å². The molecule has 0 spiro atoms. The van der Waals surface area contributed by atoms with Gasteiger partial charge in [0.05, 0.1) is 19.1 Å². The number of carbonyl (C=O) groups excluding carboxylic acids is 1. The number of carbonyl (C=O) groups is 2. The van der Waals surface area contributed by atoms with Crippen molar-refractivity contribution in [3.05, 3.63) is 24.7 Å². The molecule has 1 N–H and O–H groups in total. The Bertz CT molecular complexity index is 235. The van der Waals surface area contributed by atoms with Crippen molar-refractivity contribution in [2.24, 2.45) is 0 Å². The number of carboxylic acids is 1. The van der Waals surface area contributed by atoms with E-state index in [1.165, 1.54) is 0 Å². The van der Waals surface area contributed by atoms with Gasteiger partial charge >= 0.3 is 11.9 Å². The molecule has 5 heteroatoms. The summed E-state index contributed by atoms with van der Waals surface area (Å²) in [5, 5.41) is 7.93. The van der Waals surface area contributed by atoms with Crippen molar-refractivity contribution >= 4 is 11.9 Å². The largest absolute Gasteiger partial charge is 0.473 e. The van der Waals surface area contributed by atoms with E-state index < -0.39 is 11.9 Å². The van der Waals surface area contributed by atoms with Gasteiger partial charge < -0.3 is 14.3 Å². The predicted octanol–water partition coefficient (Wildman–Crippen LogP) is 1.30. The van der Waals surface area contributed by atoms with Gasteiger partial charge in [0.25, 0.3) is 0 Å². The van der Waals surface area contributed by atoms with Crippen LogP contribution >= 0.6 is 0 Å². The molecule has 0 atom stereocenters. The van der Waals surface area contributed by atoms with Crippen LogP contribution in [-0.2, 0) is 14.3 Å². The Morgan fingerprint density at radius 2 is 1.93 bits per heavy atom. The summed E-state index contributed by atoms with van der Waals surface area (Å²) in [6, 6.07) is 3.67. The van der Waals surface area contributed by atoms with Gasteiger partial charge in [0, 0.05) is 0 Å². The fourth-order valence-corrected chi connectivity index (χ4v) is 0.483. The first-order chi connectivity index (χ1) is 6.68. The fourth-order valence-electron chi connectivity index (χ4n) is 0.483. The first kappa shape index (κ1) is 12.2. The Morgan fingerprint density at radius 3 is 2.21 bits per heavy atom. The van der Waals surface area contributed by atoms with Gasteiger partial charge in [-0.25, -0.2) is 9.59 Å². The standard InChI is InChI=1S/C5H8O4.C4H4O/c1-2-3-9-5(8)4(6)7;1-2-4-5-3-1/h2-3H2,1H3,(H,6,7);1-4H. The summed E-state index contributed by atoms with van der Waals surface area (Å²) in [5.74, 6) is -2.72. The third-order valence-corrected chi connectivity index (χ3v) is 1.04. The van der Waals surface area contributed by atoms with Crippen molar-refractivity contribution < 1.29 is 23.8 Å². The maximum Gasteiger partial charge on any atom is 0.417 e. The van der Waals surface area contributed by atoms with E-state index in [0.717, 1.165) is 0 Å². The summed E-state index contributed by atoms with van der Waals surface area (Å²) < 4.78 is 8.80. The molecule has 1 heterocycles. The molecule has 0 radical (unpaired) electrons. The Morgan fingerprint density at radius 1 is 1.36 bits per heavy atom. The monoisotopic (exact) mass is 200 g/mol. The Labute approximate surface area is 81.3 Å². The van der Waals surface area contributed by atoms with E-state index in [4.69, 9.17) is 5.11 Å². The number of carboxylic acid groups (broad SMARTS) is 1. The van der Waals surface area contributed by atoms with E-state index in [9.17, 15) is 9.59 Å². The third kappa shape index (κ3) is 6.90. The molecular weight excluding hydrogens is 188 g/mol. The van der Waals surface area contributed by atoms with Crippen molar-refractivity contribution in [2.75, 3.05) is 6.61 Å². The molecule has 0 amide bonds. The van der Waals surface area contributed by atoms with E-state index in [0.29, 0.717) is 6.42 Å². The summed E-state index contributed by atoms with van der Waals surface area (Å²) >= 11 is 0. The zero-order valence-electron chi connectivity index (χ0n) is 7.80. The number of hydrogen-bond donors (Lipinski definition) is 1. The molecule has 0 aromatic carbocycles. The van der Waals surface area contributed by atoms with Gasteiger partial charge in [0.2, 0.25) is 0 Å². The molecule has 1 rings (SSSR count). The highest BCUT2D eigenvalue weighted by Gasteiger charge is 2.10. The zero-order valence-corrected chi connectivity index (χ0v) is 7.80. The van der Waals surface area contributed by atoms with E-state index in [1.807, 2.05) is 12.1 Å². The molecule has 14 heavy (non-hydrogen) atoms. The number of furan rings is 1. The van der Waals surface area contributed by atoms with Crippen LogP contribution in [0.4, 0.5) is 0 Å². The SMILES string of the molecule is CCCOC(=O)C(=O)O.c1ccoc1. The quantitative estimate of drug-likeness (QED) is 0.575. The number of ether oxygens (including phenoxy) is 1. The Hall–Kier alpha value is -1.78. The molecule has 1 aromatic heterocycles. The van der Waals surface area contributed by atoms with Gasteiger partial charge in [0.1, 0.15) is 0 Å². The Balaban J connectivity index is 0.000000280. The van der Waals surface area contributed by atoms with Crippen LogP contribution in [0.2, 0.25) is 0 Å². The molecule has 0 saturated carbocycles. The molecule has 5 nitrogen and oxygen atoms in total. The lowest BCUT2D eigenvalue weighted by Gasteiger charge is -1.95. The second kappa shape index (κ2) is 7.85. The van der Waals surface area contributed by atoms with Crippen molar-refractivity contribution in [1.82, 2.24) is 0 Å². The maximum absolute atomic E-state index is 10.1. The van der Waals surface area contributed by atoms with Gasteiger partial charge in [-0.1, -0.05) is 6.92 Å². The normalized spacial score (nSPS) is 8.36. The summed E-state index contributed by atoms with van der Waals surface area (Å²) in [5.41, 5.74) is 0. The number of aliphatic carboxylic acids is 1. The van der Waals surface area contributed by atoms with Crippen LogP contribution in [0.1, 0.15) is 13.3 Å². The first-order valence-electron chi connectivity index (χ1n) is 4.05. The van der Waals surface area contributed by atoms with Crippen LogP contribution in [0.25, 0.3) is 0 Å². The minimum atomic E-state index is -1.54. The van der Waals surface area contributed by atoms with Crippen LogP contribution in [0.5, 0.6) is 0 Å². The molecule has 0 saturated heterocycles. The molecular formula is C9H12O5. The lowest BCUT2D eigenvalue weighted by Crippen LogP contribution is -2.16. The lowest BCUT2D eigenvalue weighted by atomic mass is 10.5. The van der Waals surface area contributed by atoms with E-state index >= 15 is 0 Å². The molecule has 0 aliphatic carbocycles. The summed E-state index contributed by atoms with van der Waals surface area (Å²) in [6.45, 7) is 1.96. The van der Waals surface area contributed by atoms with Gasteiger partial charge in [-0.15, -0.1) is 0 Å². The summed E-state index contributed by atoms with van der Waals surface area (Å²) in [4.78, 5) is 19.8. The fraction of sp³-hybridized carbons (Fsp3) is 0.333. The van der Waals surface area contributed by atoms with Crippen LogP contribution in [-0.4, -0.2) is 23.7 Å². The maximum atomic E-state index is 10.1. The molecule has 0 fully saturated rings. The van der Waals surface area contributed by atoms with Gasteiger partial charge in [-0.3, -0.25) is 0 Å². The predicted molar refractivity (Wildman–Crippen MR) is 47.6 cm³/mol. The van der Waals surface area contributed by atoms with Crippen molar-refractivity contribution in [2.45, 2.75) is 13.3 Å². The van der Waals surface area contributed by atoms with Gasteiger partial charge in [-0.05, 0) is 18.6 Å². The second-order valence-electron chi connectivity index (χ2n) is 2.23.